The van der Waals surface area contributed by atoms with Crippen molar-refractivity contribution in [1.29, 1.82) is 0 Å². The van der Waals surface area contributed by atoms with Crippen molar-refractivity contribution in [1.82, 2.24) is 10.6 Å². The van der Waals surface area contributed by atoms with E-state index in [0.29, 0.717) is 13.1 Å². The molecule has 1 aliphatic rings. The highest BCUT2D eigenvalue weighted by atomic mass is 16.2. The van der Waals surface area contributed by atoms with Crippen LogP contribution in [-0.2, 0) is 16.1 Å². The maximum atomic E-state index is 11.7. The monoisotopic (exact) mass is 288 g/mol. The molecule has 21 heavy (non-hydrogen) atoms. The Morgan fingerprint density at radius 3 is 2.33 bits per heavy atom. The summed E-state index contributed by atoms with van der Waals surface area (Å²) in [5, 5.41) is 5.35. The molecule has 0 spiro atoms. The molecule has 0 aliphatic heterocycles. The Labute approximate surface area is 126 Å². The minimum absolute atomic E-state index is 0.384. The maximum absolute atomic E-state index is 11.7. The Balaban J connectivity index is 1.64. The molecule has 2 amide bonds. The summed E-state index contributed by atoms with van der Waals surface area (Å²) in [5.41, 5.74) is 2.17. The second kappa shape index (κ2) is 7.81. The minimum Gasteiger partial charge on any atom is -0.348 e. The third kappa shape index (κ3) is 5.21. The normalized spacial score (nSPS) is 14.9. The van der Waals surface area contributed by atoms with Crippen molar-refractivity contribution in [2.45, 2.75) is 45.6 Å². The van der Waals surface area contributed by atoms with Crippen LogP contribution in [0, 0.1) is 12.8 Å². The van der Waals surface area contributed by atoms with Gasteiger partial charge in [-0.15, -0.1) is 0 Å². The van der Waals surface area contributed by atoms with Crippen LogP contribution >= 0.6 is 0 Å². The highest BCUT2D eigenvalue weighted by Crippen LogP contribution is 2.26. The van der Waals surface area contributed by atoms with Crippen LogP contribution in [0.25, 0.3) is 0 Å². The van der Waals surface area contributed by atoms with Crippen LogP contribution in [0.5, 0.6) is 0 Å². The molecular formula is C17H24N2O2. The molecule has 2 rings (SSSR count). The number of amides is 2. The van der Waals surface area contributed by atoms with Gasteiger partial charge >= 0.3 is 11.8 Å². The third-order valence-electron chi connectivity index (χ3n) is 4.09. The predicted octanol–water partition coefficient (Wildman–Crippen LogP) is 2.31. The van der Waals surface area contributed by atoms with Gasteiger partial charge in [0.1, 0.15) is 0 Å². The molecule has 4 nitrogen and oxygen atoms in total. The second-order valence-corrected chi connectivity index (χ2v) is 5.86. The van der Waals surface area contributed by atoms with Gasteiger partial charge in [-0.05, 0) is 24.8 Å². The van der Waals surface area contributed by atoms with Crippen molar-refractivity contribution in [2.24, 2.45) is 5.92 Å². The summed E-state index contributed by atoms with van der Waals surface area (Å²) < 4.78 is 0. The summed E-state index contributed by atoms with van der Waals surface area (Å²) in [5.74, 6) is -0.358. The average Bonchev–Trinajstić information content (AvgIpc) is 2.99. The Bertz CT molecular complexity index is 476. The number of hydrogen-bond donors (Lipinski definition) is 2. The lowest BCUT2D eigenvalue weighted by molar-refractivity contribution is -0.139. The first-order valence-electron chi connectivity index (χ1n) is 7.77. The molecule has 1 saturated carbocycles. The summed E-state index contributed by atoms with van der Waals surface area (Å²) in [6.07, 6.45) is 6.10. The molecule has 1 aromatic carbocycles. The summed E-state index contributed by atoms with van der Waals surface area (Å²) in [7, 11) is 0. The van der Waals surface area contributed by atoms with E-state index in [9.17, 15) is 9.59 Å². The van der Waals surface area contributed by atoms with Crippen molar-refractivity contribution < 1.29 is 9.59 Å². The number of carbonyl (C=O) groups excluding carboxylic acids is 2. The van der Waals surface area contributed by atoms with Gasteiger partial charge in [0, 0.05) is 13.1 Å². The molecular weight excluding hydrogens is 264 g/mol. The zero-order valence-corrected chi connectivity index (χ0v) is 12.7. The number of aryl methyl sites for hydroxylation is 1. The molecule has 0 atom stereocenters. The van der Waals surface area contributed by atoms with Crippen LogP contribution in [0.4, 0.5) is 0 Å². The molecule has 0 unspecified atom stereocenters. The Kier molecular flexibility index (Phi) is 5.78. The standard InChI is InChI=1S/C17H24N2O2/c1-13-6-8-15(9-7-13)12-19-17(21)16(20)18-11-10-14-4-2-3-5-14/h6-9,14H,2-5,10-12H2,1H3,(H,18,20)(H,19,21). The predicted molar refractivity (Wildman–Crippen MR) is 82.6 cm³/mol. The fourth-order valence-electron chi connectivity index (χ4n) is 2.74. The Morgan fingerprint density at radius 1 is 1.05 bits per heavy atom. The highest BCUT2D eigenvalue weighted by Gasteiger charge is 2.16. The largest absolute Gasteiger partial charge is 0.348 e. The van der Waals surface area contributed by atoms with Crippen molar-refractivity contribution >= 4 is 11.8 Å². The smallest absolute Gasteiger partial charge is 0.309 e. The molecule has 0 bridgehead atoms. The van der Waals surface area contributed by atoms with Gasteiger partial charge in [0.15, 0.2) is 0 Å². The zero-order chi connectivity index (χ0) is 15.1. The SMILES string of the molecule is Cc1ccc(CNC(=O)C(=O)NCCC2CCCC2)cc1. The first-order chi connectivity index (χ1) is 10.1. The lowest BCUT2D eigenvalue weighted by Gasteiger charge is -2.10. The van der Waals surface area contributed by atoms with Gasteiger partial charge in [-0.2, -0.15) is 0 Å². The van der Waals surface area contributed by atoms with Crippen LogP contribution in [0.2, 0.25) is 0 Å². The molecule has 0 heterocycles. The summed E-state index contributed by atoms with van der Waals surface area (Å²) >= 11 is 0. The number of benzene rings is 1. The molecule has 4 heteroatoms. The highest BCUT2D eigenvalue weighted by molar-refractivity contribution is 6.35. The van der Waals surface area contributed by atoms with Crippen molar-refractivity contribution in [2.75, 3.05) is 6.54 Å². The topological polar surface area (TPSA) is 58.2 Å². The van der Waals surface area contributed by atoms with Gasteiger partial charge in [-0.25, -0.2) is 0 Å². The molecule has 2 N–H and O–H groups in total. The van der Waals surface area contributed by atoms with E-state index in [1.165, 1.54) is 31.2 Å². The molecule has 0 aromatic heterocycles. The Hall–Kier alpha value is -1.84. The quantitative estimate of drug-likeness (QED) is 0.817. The fraction of sp³-hybridized carbons (Fsp3) is 0.529. The van der Waals surface area contributed by atoms with Crippen molar-refractivity contribution in [3.05, 3.63) is 35.4 Å². The van der Waals surface area contributed by atoms with Crippen LogP contribution in [0.3, 0.4) is 0 Å². The van der Waals surface area contributed by atoms with Gasteiger partial charge in [0.2, 0.25) is 0 Å². The average molecular weight is 288 g/mol. The van der Waals surface area contributed by atoms with E-state index in [4.69, 9.17) is 0 Å². The molecule has 0 saturated heterocycles. The molecule has 0 radical (unpaired) electrons. The van der Waals surface area contributed by atoms with E-state index in [2.05, 4.69) is 10.6 Å². The van der Waals surface area contributed by atoms with Crippen molar-refractivity contribution in [3.8, 4) is 0 Å². The van der Waals surface area contributed by atoms with Gasteiger partial charge in [-0.3, -0.25) is 9.59 Å². The van der Waals surface area contributed by atoms with Gasteiger partial charge in [0.25, 0.3) is 0 Å². The van der Waals surface area contributed by atoms with Crippen LogP contribution in [-0.4, -0.2) is 18.4 Å². The lowest BCUT2D eigenvalue weighted by atomic mass is 10.0. The zero-order valence-electron chi connectivity index (χ0n) is 12.7. The number of nitrogens with one attached hydrogen (secondary N) is 2. The molecule has 1 aromatic rings. The minimum atomic E-state index is -0.554. The second-order valence-electron chi connectivity index (χ2n) is 5.86. The number of carbonyl (C=O) groups is 2. The van der Waals surface area contributed by atoms with E-state index in [-0.39, 0.29) is 0 Å². The number of rotatable bonds is 5. The van der Waals surface area contributed by atoms with E-state index in [0.717, 1.165) is 17.9 Å². The summed E-state index contributed by atoms with van der Waals surface area (Å²) in [6.45, 7) is 3.00. The summed E-state index contributed by atoms with van der Waals surface area (Å²) in [6, 6.07) is 7.88. The van der Waals surface area contributed by atoms with Gasteiger partial charge < -0.3 is 10.6 Å². The molecule has 1 fully saturated rings. The maximum Gasteiger partial charge on any atom is 0.309 e. The van der Waals surface area contributed by atoms with Crippen molar-refractivity contribution in [3.63, 3.8) is 0 Å². The van der Waals surface area contributed by atoms with Crippen LogP contribution in [0.15, 0.2) is 24.3 Å². The molecule has 114 valence electrons. The van der Waals surface area contributed by atoms with Gasteiger partial charge in [0.05, 0.1) is 0 Å². The van der Waals surface area contributed by atoms with E-state index >= 15 is 0 Å². The molecule has 1 aliphatic carbocycles. The fourth-order valence-corrected chi connectivity index (χ4v) is 2.74. The number of hydrogen-bond acceptors (Lipinski definition) is 2. The first kappa shape index (κ1) is 15.5. The first-order valence-corrected chi connectivity index (χ1v) is 7.77. The van der Waals surface area contributed by atoms with E-state index in [1.54, 1.807) is 0 Å². The van der Waals surface area contributed by atoms with E-state index in [1.807, 2.05) is 31.2 Å². The third-order valence-corrected chi connectivity index (χ3v) is 4.09. The summed E-state index contributed by atoms with van der Waals surface area (Å²) in [4.78, 5) is 23.4. The lowest BCUT2D eigenvalue weighted by Crippen LogP contribution is -2.40. The Morgan fingerprint density at radius 2 is 1.67 bits per heavy atom. The van der Waals surface area contributed by atoms with Crippen LogP contribution < -0.4 is 10.6 Å². The van der Waals surface area contributed by atoms with E-state index < -0.39 is 11.8 Å². The van der Waals surface area contributed by atoms with Gasteiger partial charge in [-0.1, -0.05) is 55.5 Å². The van der Waals surface area contributed by atoms with Crippen LogP contribution in [0.1, 0.15) is 43.2 Å².